The number of aryl methyl sites for hydroxylation is 1. The SMILES string of the molecule is C=C(C)C(=C)Oc1cc(-c2ccc(F)cc2)cc2c1CCC2. The molecular weight excluding hydrogens is 275 g/mol. The van der Waals surface area contributed by atoms with E-state index in [0.717, 1.165) is 41.7 Å². The van der Waals surface area contributed by atoms with Gasteiger partial charge in [0.25, 0.3) is 0 Å². The first kappa shape index (κ1) is 14.6. The predicted octanol–water partition coefficient (Wildman–Crippen LogP) is 5.45. The molecule has 2 heteroatoms. The molecule has 0 unspecified atom stereocenters. The van der Waals surface area contributed by atoms with Gasteiger partial charge in [-0.25, -0.2) is 4.39 Å². The highest BCUT2D eigenvalue weighted by molar-refractivity contribution is 5.68. The summed E-state index contributed by atoms with van der Waals surface area (Å²) < 4.78 is 19.1. The highest BCUT2D eigenvalue weighted by Crippen LogP contribution is 2.37. The molecule has 0 spiro atoms. The zero-order valence-corrected chi connectivity index (χ0v) is 12.8. The van der Waals surface area contributed by atoms with Crippen molar-refractivity contribution in [2.75, 3.05) is 0 Å². The van der Waals surface area contributed by atoms with Crippen LogP contribution in [-0.4, -0.2) is 0 Å². The Morgan fingerprint density at radius 2 is 1.77 bits per heavy atom. The molecule has 1 nitrogen and oxygen atoms in total. The third-order valence-corrected chi connectivity index (χ3v) is 4.06. The zero-order valence-electron chi connectivity index (χ0n) is 12.8. The maximum absolute atomic E-state index is 13.1. The summed E-state index contributed by atoms with van der Waals surface area (Å²) in [6, 6.07) is 10.8. The second-order valence-corrected chi connectivity index (χ2v) is 5.78. The van der Waals surface area contributed by atoms with Gasteiger partial charge in [0.1, 0.15) is 17.3 Å². The van der Waals surface area contributed by atoms with E-state index in [0.29, 0.717) is 5.76 Å². The Kier molecular flexibility index (Phi) is 3.84. The van der Waals surface area contributed by atoms with E-state index >= 15 is 0 Å². The molecular formula is C20H19FO. The van der Waals surface area contributed by atoms with E-state index in [1.807, 2.05) is 13.0 Å². The highest BCUT2D eigenvalue weighted by Gasteiger charge is 2.18. The molecule has 1 aliphatic carbocycles. The van der Waals surface area contributed by atoms with Crippen LogP contribution in [0.15, 0.2) is 60.9 Å². The molecule has 0 bridgehead atoms. The smallest absolute Gasteiger partial charge is 0.131 e. The van der Waals surface area contributed by atoms with Crippen LogP contribution in [0.5, 0.6) is 5.75 Å². The summed E-state index contributed by atoms with van der Waals surface area (Å²) in [5.41, 5.74) is 5.42. The van der Waals surface area contributed by atoms with Gasteiger partial charge in [-0.2, -0.15) is 0 Å². The molecule has 22 heavy (non-hydrogen) atoms. The highest BCUT2D eigenvalue weighted by atomic mass is 19.1. The molecule has 1 aliphatic rings. The Hall–Kier alpha value is -2.35. The number of fused-ring (bicyclic) bond motifs is 1. The van der Waals surface area contributed by atoms with E-state index in [4.69, 9.17) is 4.74 Å². The van der Waals surface area contributed by atoms with Gasteiger partial charge < -0.3 is 4.74 Å². The number of halogens is 1. The van der Waals surface area contributed by atoms with Crippen molar-refractivity contribution in [3.8, 4) is 16.9 Å². The predicted molar refractivity (Wildman–Crippen MR) is 88.4 cm³/mol. The number of benzene rings is 2. The molecule has 0 aromatic heterocycles. The van der Waals surface area contributed by atoms with Crippen LogP contribution >= 0.6 is 0 Å². The number of hydrogen-bond acceptors (Lipinski definition) is 1. The fourth-order valence-electron chi connectivity index (χ4n) is 2.79. The maximum Gasteiger partial charge on any atom is 0.131 e. The van der Waals surface area contributed by atoms with Gasteiger partial charge in [0.2, 0.25) is 0 Å². The molecule has 0 radical (unpaired) electrons. The average molecular weight is 294 g/mol. The minimum atomic E-state index is -0.225. The van der Waals surface area contributed by atoms with Gasteiger partial charge in [0.05, 0.1) is 0 Å². The van der Waals surface area contributed by atoms with Crippen LogP contribution < -0.4 is 4.74 Å². The molecule has 0 fully saturated rings. The zero-order chi connectivity index (χ0) is 15.7. The molecule has 3 rings (SSSR count). The molecule has 2 aromatic carbocycles. The van der Waals surface area contributed by atoms with E-state index in [1.54, 1.807) is 12.1 Å². The number of allylic oxidation sites excluding steroid dienone is 1. The monoisotopic (exact) mass is 294 g/mol. The molecule has 0 saturated carbocycles. The summed E-state index contributed by atoms with van der Waals surface area (Å²) in [4.78, 5) is 0. The minimum absolute atomic E-state index is 0.225. The summed E-state index contributed by atoms with van der Waals surface area (Å²) in [6.07, 6.45) is 3.22. The number of ether oxygens (including phenoxy) is 1. The average Bonchev–Trinajstić information content (AvgIpc) is 2.96. The molecule has 0 saturated heterocycles. The lowest BCUT2D eigenvalue weighted by atomic mass is 9.99. The Balaban J connectivity index is 2.04. The number of hydrogen-bond donors (Lipinski definition) is 0. The first-order valence-corrected chi connectivity index (χ1v) is 7.49. The molecule has 0 aliphatic heterocycles. The standard InChI is InChI=1S/C20H19FO/c1-13(2)14(3)22-20-12-17(11-16-5-4-6-19(16)20)15-7-9-18(21)10-8-15/h7-12H,1,3-6H2,2H3. The van der Waals surface area contributed by atoms with Gasteiger partial charge in [-0.15, -0.1) is 0 Å². The maximum atomic E-state index is 13.1. The third kappa shape index (κ3) is 2.82. The third-order valence-electron chi connectivity index (χ3n) is 4.06. The second-order valence-electron chi connectivity index (χ2n) is 5.78. The lowest BCUT2D eigenvalue weighted by molar-refractivity contribution is 0.434. The summed E-state index contributed by atoms with van der Waals surface area (Å²) in [5, 5.41) is 0. The van der Waals surface area contributed by atoms with Crippen LogP contribution in [0, 0.1) is 5.82 Å². The topological polar surface area (TPSA) is 9.23 Å². The van der Waals surface area contributed by atoms with Crippen LogP contribution in [0.3, 0.4) is 0 Å². The van der Waals surface area contributed by atoms with Crippen molar-refractivity contribution in [2.24, 2.45) is 0 Å². The molecule has 0 heterocycles. The van der Waals surface area contributed by atoms with Gasteiger partial charge in [-0.3, -0.25) is 0 Å². The van der Waals surface area contributed by atoms with E-state index in [2.05, 4.69) is 19.2 Å². The van der Waals surface area contributed by atoms with Crippen molar-refractivity contribution >= 4 is 0 Å². The second kappa shape index (κ2) is 5.80. The molecule has 112 valence electrons. The van der Waals surface area contributed by atoms with Crippen LogP contribution in [0.25, 0.3) is 11.1 Å². The van der Waals surface area contributed by atoms with Crippen molar-refractivity contribution in [2.45, 2.75) is 26.2 Å². The van der Waals surface area contributed by atoms with E-state index in [-0.39, 0.29) is 5.82 Å². The van der Waals surface area contributed by atoms with Crippen molar-refractivity contribution in [1.82, 2.24) is 0 Å². The van der Waals surface area contributed by atoms with E-state index in [1.165, 1.54) is 23.3 Å². The summed E-state index contributed by atoms with van der Waals surface area (Å²) in [7, 11) is 0. The lowest BCUT2D eigenvalue weighted by Crippen LogP contribution is -1.99. The Labute approximate surface area is 130 Å². The van der Waals surface area contributed by atoms with Gasteiger partial charge >= 0.3 is 0 Å². The first-order valence-electron chi connectivity index (χ1n) is 7.49. The molecule has 2 aromatic rings. The van der Waals surface area contributed by atoms with Gasteiger partial charge in [-0.1, -0.05) is 31.4 Å². The fourth-order valence-corrected chi connectivity index (χ4v) is 2.79. The first-order chi connectivity index (χ1) is 10.5. The molecule has 0 N–H and O–H groups in total. The quantitative estimate of drug-likeness (QED) is 0.538. The van der Waals surface area contributed by atoms with Gasteiger partial charge in [0.15, 0.2) is 0 Å². The van der Waals surface area contributed by atoms with Gasteiger partial charge in [-0.05, 0) is 72.2 Å². The van der Waals surface area contributed by atoms with Crippen molar-refractivity contribution < 1.29 is 9.13 Å². The van der Waals surface area contributed by atoms with E-state index in [9.17, 15) is 4.39 Å². The summed E-state index contributed by atoms with van der Waals surface area (Å²) in [5.74, 6) is 1.21. The Morgan fingerprint density at radius 1 is 1.05 bits per heavy atom. The van der Waals surface area contributed by atoms with E-state index < -0.39 is 0 Å². The van der Waals surface area contributed by atoms with Gasteiger partial charge in [0, 0.05) is 0 Å². The summed E-state index contributed by atoms with van der Waals surface area (Å²) in [6.45, 7) is 9.67. The van der Waals surface area contributed by atoms with Crippen LogP contribution in [-0.2, 0) is 12.8 Å². The fraction of sp³-hybridized carbons (Fsp3) is 0.200. The van der Waals surface area contributed by atoms with Crippen molar-refractivity contribution in [1.29, 1.82) is 0 Å². The van der Waals surface area contributed by atoms with Crippen LogP contribution in [0.2, 0.25) is 0 Å². The molecule has 0 amide bonds. The van der Waals surface area contributed by atoms with Crippen LogP contribution in [0.4, 0.5) is 4.39 Å². The summed E-state index contributed by atoms with van der Waals surface area (Å²) >= 11 is 0. The van der Waals surface area contributed by atoms with Crippen LogP contribution in [0.1, 0.15) is 24.5 Å². The largest absolute Gasteiger partial charge is 0.457 e. The van der Waals surface area contributed by atoms with Crippen molar-refractivity contribution in [3.05, 3.63) is 77.8 Å². The number of rotatable bonds is 4. The molecule has 0 atom stereocenters. The Morgan fingerprint density at radius 3 is 2.45 bits per heavy atom. The minimum Gasteiger partial charge on any atom is -0.457 e. The van der Waals surface area contributed by atoms with Crippen molar-refractivity contribution in [3.63, 3.8) is 0 Å². The Bertz CT molecular complexity index is 741. The lowest BCUT2D eigenvalue weighted by Gasteiger charge is -2.15. The normalized spacial score (nSPS) is 12.8.